The average molecular weight is 419 g/mol. The van der Waals surface area contributed by atoms with Crippen LogP contribution < -0.4 is 5.32 Å². The fraction of sp³-hybridized carbons (Fsp3) is 0.0556. The molecule has 0 aliphatic carbocycles. The highest BCUT2D eigenvalue weighted by atomic mass is 127. The second-order valence-electron chi connectivity index (χ2n) is 4.82. The first-order valence-electron chi connectivity index (χ1n) is 6.88. The maximum Gasteiger partial charge on any atom is 0.234 e. The fourth-order valence-corrected chi connectivity index (χ4v) is 3.65. The monoisotopic (exact) mass is 419 g/mol. The molecule has 1 N–H and O–H groups in total. The van der Waals surface area contributed by atoms with E-state index in [-0.39, 0.29) is 5.91 Å². The van der Waals surface area contributed by atoms with Crippen LogP contribution in [0.1, 0.15) is 0 Å². The van der Waals surface area contributed by atoms with E-state index in [1.54, 1.807) is 11.8 Å². The predicted octanol–water partition coefficient (Wildman–Crippen LogP) is 5.18. The molecule has 0 saturated heterocycles. The minimum Gasteiger partial charge on any atom is -0.325 e. The van der Waals surface area contributed by atoms with E-state index < -0.39 is 0 Å². The Kier molecular flexibility index (Phi) is 5.00. The minimum atomic E-state index is 0.0138. The third-order valence-electron chi connectivity index (χ3n) is 3.22. The van der Waals surface area contributed by atoms with Gasteiger partial charge >= 0.3 is 0 Å². The van der Waals surface area contributed by atoms with Gasteiger partial charge in [0, 0.05) is 14.2 Å². The van der Waals surface area contributed by atoms with E-state index in [2.05, 4.69) is 52.2 Å². The Morgan fingerprint density at radius 2 is 1.77 bits per heavy atom. The standard InChI is InChI=1S/C18H14INOS/c19-14-7-4-8-15(11-14)20-18(21)12-22-17-10-3-6-13-5-1-2-9-16(13)17/h1-11H,12H2,(H,20,21). The molecule has 0 aromatic heterocycles. The van der Waals surface area contributed by atoms with Crippen molar-refractivity contribution in [1.29, 1.82) is 0 Å². The van der Waals surface area contributed by atoms with Gasteiger partial charge in [-0.2, -0.15) is 0 Å². The van der Waals surface area contributed by atoms with Crippen LogP contribution >= 0.6 is 34.4 Å². The Morgan fingerprint density at radius 3 is 2.64 bits per heavy atom. The van der Waals surface area contributed by atoms with Crippen molar-refractivity contribution in [1.82, 2.24) is 0 Å². The van der Waals surface area contributed by atoms with Crippen molar-refractivity contribution in [2.24, 2.45) is 0 Å². The Hall–Kier alpha value is -1.53. The Bertz CT molecular complexity index is 814. The summed E-state index contributed by atoms with van der Waals surface area (Å²) in [5, 5.41) is 5.33. The fourth-order valence-electron chi connectivity index (χ4n) is 2.23. The number of benzene rings is 3. The largest absolute Gasteiger partial charge is 0.325 e. The number of nitrogens with one attached hydrogen (secondary N) is 1. The van der Waals surface area contributed by atoms with Crippen molar-refractivity contribution in [2.45, 2.75) is 4.90 Å². The van der Waals surface area contributed by atoms with Crippen LogP contribution in [0.25, 0.3) is 10.8 Å². The van der Waals surface area contributed by atoms with Gasteiger partial charge in [-0.05, 0) is 57.6 Å². The molecule has 22 heavy (non-hydrogen) atoms. The molecule has 0 atom stereocenters. The maximum atomic E-state index is 12.1. The molecule has 110 valence electrons. The summed E-state index contributed by atoms with van der Waals surface area (Å²) in [4.78, 5) is 13.2. The number of hydrogen-bond donors (Lipinski definition) is 1. The van der Waals surface area contributed by atoms with Gasteiger partial charge in [-0.3, -0.25) is 4.79 Å². The van der Waals surface area contributed by atoms with Crippen molar-refractivity contribution < 1.29 is 4.79 Å². The number of fused-ring (bicyclic) bond motifs is 1. The zero-order valence-corrected chi connectivity index (χ0v) is 14.7. The lowest BCUT2D eigenvalue weighted by Crippen LogP contribution is -2.13. The molecule has 1 amide bonds. The van der Waals surface area contributed by atoms with E-state index in [9.17, 15) is 4.79 Å². The number of halogens is 1. The van der Waals surface area contributed by atoms with Gasteiger partial charge in [0.1, 0.15) is 0 Å². The third-order valence-corrected chi connectivity index (χ3v) is 4.96. The number of hydrogen-bond acceptors (Lipinski definition) is 2. The van der Waals surface area contributed by atoms with Crippen molar-refractivity contribution >= 4 is 56.7 Å². The smallest absolute Gasteiger partial charge is 0.234 e. The molecule has 0 unspecified atom stereocenters. The lowest BCUT2D eigenvalue weighted by molar-refractivity contribution is -0.113. The SMILES string of the molecule is O=C(CSc1cccc2ccccc12)Nc1cccc(I)c1. The molecule has 0 spiro atoms. The second kappa shape index (κ2) is 7.15. The molecule has 0 bridgehead atoms. The van der Waals surface area contributed by atoms with Crippen molar-refractivity contribution in [3.63, 3.8) is 0 Å². The summed E-state index contributed by atoms with van der Waals surface area (Å²) in [6.07, 6.45) is 0. The van der Waals surface area contributed by atoms with Gasteiger partial charge in [-0.15, -0.1) is 11.8 Å². The van der Waals surface area contributed by atoms with E-state index >= 15 is 0 Å². The molecular formula is C18H14INOS. The third kappa shape index (κ3) is 3.81. The molecular weight excluding hydrogens is 405 g/mol. The van der Waals surface area contributed by atoms with Gasteiger partial charge < -0.3 is 5.32 Å². The Balaban J connectivity index is 1.68. The lowest BCUT2D eigenvalue weighted by atomic mass is 10.1. The minimum absolute atomic E-state index is 0.0138. The number of amides is 1. The first kappa shape index (κ1) is 15.4. The van der Waals surface area contributed by atoms with Crippen LogP contribution in [0.2, 0.25) is 0 Å². The van der Waals surface area contributed by atoms with Crippen molar-refractivity contribution in [2.75, 3.05) is 11.1 Å². The maximum absolute atomic E-state index is 12.1. The molecule has 3 aromatic rings. The predicted molar refractivity (Wildman–Crippen MR) is 102 cm³/mol. The summed E-state index contributed by atoms with van der Waals surface area (Å²) in [5.41, 5.74) is 0.843. The van der Waals surface area contributed by atoms with E-state index in [1.165, 1.54) is 10.8 Å². The van der Waals surface area contributed by atoms with E-state index in [4.69, 9.17) is 0 Å². The number of carbonyl (C=O) groups excluding carboxylic acids is 1. The van der Waals surface area contributed by atoms with Crippen LogP contribution in [0.4, 0.5) is 5.69 Å². The molecule has 0 aliphatic heterocycles. The zero-order valence-electron chi connectivity index (χ0n) is 11.8. The molecule has 0 radical (unpaired) electrons. The van der Waals surface area contributed by atoms with Crippen LogP contribution in [0.15, 0.2) is 71.6 Å². The Labute approximate surface area is 147 Å². The molecule has 2 nitrogen and oxygen atoms in total. The van der Waals surface area contributed by atoms with E-state index in [1.807, 2.05) is 42.5 Å². The molecule has 3 rings (SSSR count). The molecule has 0 aliphatic rings. The van der Waals surface area contributed by atoms with Crippen LogP contribution in [-0.4, -0.2) is 11.7 Å². The number of rotatable bonds is 4. The summed E-state index contributed by atoms with van der Waals surface area (Å²) < 4.78 is 1.11. The highest BCUT2D eigenvalue weighted by molar-refractivity contribution is 14.1. The summed E-state index contributed by atoms with van der Waals surface area (Å²) in [6, 6.07) is 22.2. The highest BCUT2D eigenvalue weighted by Crippen LogP contribution is 2.27. The zero-order chi connectivity index (χ0) is 15.4. The molecule has 0 saturated carbocycles. The Morgan fingerprint density at radius 1 is 1.00 bits per heavy atom. The summed E-state index contributed by atoms with van der Waals surface area (Å²) in [6.45, 7) is 0. The van der Waals surface area contributed by atoms with Crippen LogP contribution in [0.5, 0.6) is 0 Å². The van der Waals surface area contributed by atoms with Crippen molar-refractivity contribution in [3.8, 4) is 0 Å². The van der Waals surface area contributed by atoms with Crippen molar-refractivity contribution in [3.05, 3.63) is 70.3 Å². The first-order valence-corrected chi connectivity index (χ1v) is 8.95. The van der Waals surface area contributed by atoms with Crippen LogP contribution in [0.3, 0.4) is 0 Å². The van der Waals surface area contributed by atoms with Crippen LogP contribution in [-0.2, 0) is 4.79 Å². The number of anilines is 1. The average Bonchev–Trinajstić information content (AvgIpc) is 2.53. The van der Waals surface area contributed by atoms with Gasteiger partial charge in [0.25, 0.3) is 0 Å². The van der Waals surface area contributed by atoms with Crippen LogP contribution in [0, 0.1) is 3.57 Å². The second-order valence-corrected chi connectivity index (χ2v) is 7.09. The summed E-state index contributed by atoms with van der Waals surface area (Å²) in [7, 11) is 0. The highest BCUT2D eigenvalue weighted by Gasteiger charge is 2.06. The van der Waals surface area contributed by atoms with Gasteiger partial charge in [0.15, 0.2) is 0 Å². The molecule has 0 heterocycles. The van der Waals surface area contributed by atoms with Gasteiger partial charge in [-0.1, -0.05) is 42.5 Å². The summed E-state index contributed by atoms with van der Waals surface area (Å²) >= 11 is 3.80. The van der Waals surface area contributed by atoms with E-state index in [0.717, 1.165) is 14.2 Å². The van der Waals surface area contributed by atoms with E-state index in [0.29, 0.717) is 5.75 Å². The van der Waals surface area contributed by atoms with Gasteiger partial charge in [-0.25, -0.2) is 0 Å². The topological polar surface area (TPSA) is 29.1 Å². The van der Waals surface area contributed by atoms with Gasteiger partial charge in [0.2, 0.25) is 5.91 Å². The number of carbonyl (C=O) groups is 1. The summed E-state index contributed by atoms with van der Waals surface area (Å²) in [5.74, 6) is 0.416. The number of thioether (sulfide) groups is 1. The quantitative estimate of drug-likeness (QED) is 0.467. The molecule has 4 heteroatoms. The molecule has 3 aromatic carbocycles. The van der Waals surface area contributed by atoms with Gasteiger partial charge in [0.05, 0.1) is 5.75 Å². The normalized spacial score (nSPS) is 10.6. The first-order chi connectivity index (χ1) is 10.7. The lowest BCUT2D eigenvalue weighted by Gasteiger charge is -2.07. The molecule has 0 fully saturated rings.